The van der Waals surface area contributed by atoms with Crippen LogP contribution in [0.15, 0.2) is 36.9 Å². The van der Waals surface area contributed by atoms with E-state index >= 15 is 0 Å². The molecule has 0 bridgehead atoms. The van der Waals surface area contributed by atoms with E-state index in [2.05, 4.69) is 45.6 Å². The van der Waals surface area contributed by atoms with Crippen LogP contribution in [0.3, 0.4) is 0 Å². The third kappa shape index (κ3) is 6.23. The Morgan fingerprint density at radius 3 is 2.06 bits per heavy atom. The molecule has 0 atom stereocenters. The Morgan fingerprint density at radius 2 is 1.69 bits per heavy atom. The van der Waals surface area contributed by atoms with E-state index in [0.717, 1.165) is 5.92 Å². The second-order valence-electron chi connectivity index (χ2n) is 4.14. The molecule has 0 N–H and O–H groups in total. The highest BCUT2D eigenvalue weighted by atomic mass is 13.9. The largest absolute Gasteiger partial charge is 0.0984 e. The van der Waals surface area contributed by atoms with Gasteiger partial charge in [0.1, 0.15) is 0 Å². The molecule has 0 saturated carbocycles. The molecule has 0 aromatic heterocycles. The van der Waals surface area contributed by atoms with Crippen molar-refractivity contribution in [1.29, 1.82) is 0 Å². The van der Waals surface area contributed by atoms with Gasteiger partial charge in [-0.3, -0.25) is 0 Å². The minimum Gasteiger partial charge on any atom is -0.0984 e. The minimum atomic E-state index is 0.884. The number of benzene rings is 1. The molecular weight excluding hydrogens is 192 g/mol. The van der Waals surface area contributed by atoms with E-state index in [1.165, 1.54) is 17.5 Å². The summed E-state index contributed by atoms with van der Waals surface area (Å²) in [5.41, 5.74) is 2.41. The molecule has 1 aromatic rings. The van der Waals surface area contributed by atoms with Crippen LogP contribution in [0.5, 0.6) is 0 Å². The molecule has 0 radical (unpaired) electrons. The van der Waals surface area contributed by atoms with Crippen LogP contribution in [-0.2, 0) is 0 Å². The number of allylic oxidation sites excluding steroid dienone is 1. The number of hydrogen-bond donors (Lipinski definition) is 0. The molecule has 0 heteroatoms. The topological polar surface area (TPSA) is 0 Å². The van der Waals surface area contributed by atoms with Gasteiger partial charge in [-0.15, -0.1) is 0 Å². The summed E-state index contributed by atoms with van der Waals surface area (Å²) < 4.78 is 0. The summed E-state index contributed by atoms with van der Waals surface area (Å²) in [5.74, 6) is 0.884. The molecule has 0 amide bonds. The van der Waals surface area contributed by atoms with Crippen LogP contribution < -0.4 is 0 Å². The molecular formula is C16H24. The van der Waals surface area contributed by atoms with Gasteiger partial charge < -0.3 is 0 Å². The highest BCUT2D eigenvalue weighted by Gasteiger charge is 1.90. The summed E-state index contributed by atoms with van der Waals surface area (Å²) in [6.45, 7) is 12.4. The zero-order valence-corrected chi connectivity index (χ0v) is 11.0. The van der Waals surface area contributed by atoms with Crippen LogP contribution in [0.2, 0.25) is 0 Å². The number of hydrogen-bond acceptors (Lipinski definition) is 0. The summed E-state index contributed by atoms with van der Waals surface area (Å²) in [4.78, 5) is 0. The first-order chi connectivity index (χ1) is 7.65. The van der Waals surface area contributed by atoms with Crippen LogP contribution in [-0.4, -0.2) is 0 Å². The maximum Gasteiger partial charge on any atom is -0.0188 e. The van der Waals surface area contributed by atoms with Gasteiger partial charge in [0.15, 0.2) is 0 Å². The van der Waals surface area contributed by atoms with Crippen molar-refractivity contribution in [2.75, 3.05) is 0 Å². The van der Waals surface area contributed by atoms with Crippen LogP contribution in [0.25, 0.3) is 12.2 Å². The second kappa shape index (κ2) is 8.96. The average Bonchev–Trinajstić information content (AvgIpc) is 2.31. The summed E-state index contributed by atoms with van der Waals surface area (Å²) >= 11 is 0. The molecule has 0 spiro atoms. The molecule has 1 rings (SSSR count). The van der Waals surface area contributed by atoms with E-state index in [4.69, 9.17) is 0 Å². The lowest BCUT2D eigenvalue weighted by atomic mass is 10.1. The molecule has 1 aromatic carbocycles. The van der Waals surface area contributed by atoms with Crippen molar-refractivity contribution in [1.82, 2.24) is 0 Å². The van der Waals surface area contributed by atoms with Gasteiger partial charge in [0, 0.05) is 0 Å². The van der Waals surface area contributed by atoms with E-state index < -0.39 is 0 Å². The first-order valence-corrected chi connectivity index (χ1v) is 5.99. The van der Waals surface area contributed by atoms with E-state index in [-0.39, 0.29) is 0 Å². The molecule has 88 valence electrons. The Bertz CT molecular complexity index is 319. The molecule has 0 aliphatic carbocycles. The fraction of sp³-hybridized carbons (Fsp3) is 0.375. The van der Waals surface area contributed by atoms with Crippen LogP contribution in [0.1, 0.15) is 45.2 Å². The summed E-state index contributed by atoms with van der Waals surface area (Å²) in [6.07, 6.45) is 7.29. The van der Waals surface area contributed by atoms with Crippen molar-refractivity contribution in [2.45, 2.75) is 34.1 Å². The second-order valence-corrected chi connectivity index (χ2v) is 4.14. The molecule has 0 nitrogen and oxygen atoms in total. The maximum absolute atomic E-state index is 3.74. The average molecular weight is 216 g/mol. The van der Waals surface area contributed by atoms with Gasteiger partial charge in [-0.1, -0.05) is 76.3 Å². The van der Waals surface area contributed by atoms with E-state index in [9.17, 15) is 0 Å². The van der Waals surface area contributed by atoms with Crippen molar-refractivity contribution in [3.8, 4) is 0 Å². The molecule has 0 saturated heterocycles. The Kier molecular flexibility index (Phi) is 8.24. The minimum absolute atomic E-state index is 0.884. The van der Waals surface area contributed by atoms with Crippen LogP contribution >= 0.6 is 0 Å². The Balaban J connectivity index is 0.000000385. The first-order valence-electron chi connectivity index (χ1n) is 5.99. The smallest absolute Gasteiger partial charge is 0.0188 e. The van der Waals surface area contributed by atoms with Gasteiger partial charge >= 0.3 is 0 Å². The van der Waals surface area contributed by atoms with E-state index in [1.54, 1.807) is 0 Å². The lowest BCUT2D eigenvalue weighted by Crippen LogP contribution is -1.77. The predicted octanol–water partition coefficient (Wildman–Crippen LogP) is 5.42. The van der Waals surface area contributed by atoms with Crippen LogP contribution in [0, 0.1) is 5.92 Å². The van der Waals surface area contributed by atoms with Crippen molar-refractivity contribution >= 4 is 12.2 Å². The van der Waals surface area contributed by atoms with Gasteiger partial charge in [-0.05, 0) is 24.0 Å². The lowest BCUT2D eigenvalue weighted by molar-refractivity contribution is 0.626. The van der Waals surface area contributed by atoms with E-state index in [1.807, 2.05) is 31.2 Å². The Labute approximate surface area is 101 Å². The van der Waals surface area contributed by atoms with Crippen molar-refractivity contribution < 1.29 is 0 Å². The zero-order chi connectivity index (χ0) is 12.4. The molecule has 16 heavy (non-hydrogen) atoms. The first kappa shape index (κ1) is 14.7. The van der Waals surface area contributed by atoms with Gasteiger partial charge in [-0.2, -0.15) is 0 Å². The molecule has 0 unspecified atom stereocenters. The SMILES string of the molecule is C=Cc1ccccc1/C=C\C.CCC(C)C. The predicted molar refractivity (Wildman–Crippen MR) is 76.4 cm³/mol. The fourth-order valence-electron chi connectivity index (χ4n) is 1.03. The van der Waals surface area contributed by atoms with Crippen molar-refractivity contribution in [3.63, 3.8) is 0 Å². The van der Waals surface area contributed by atoms with Gasteiger partial charge in [-0.25, -0.2) is 0 Å². The van der Waals surface area contributed by atoms with Crippen molar-refractivity contribution in [2.24, 2.45) is 5.92 Å². The zero-order valence-electron chi connectivity index (χ0n) is 11.0. The monoisotopic (exact) mass is 216 g/mol. The Hall–Kier alpha value is -1.30. The normalized spacial score (nSPS) is 10.1. The number of rotatable bonds is 3. The van der Waals surface area contributed by atoms with Gasteiger partial charge in [0.05, 0.1) is 0 Å². The summed E-state index contributed by atoms with van der Waals surface area (Å²) in [7, 11) is 0. The molecule has 0 fully saturated rings. The quantitative estimate of drug-likeness (QED) is 0.633. The Morgan fingerprint density at radius 1 is 1.19 bits per heavy atom. The van der Waals surface area contributed by atoms with Crippen molar-refractivity contribution in [3.05, 3.63) is 48.0 Å². The lowest BCUT2D eigenvalue weighted by Gasteiger charge is -1.97. The third-order valence-electron chi connectivity index (χ3n) is 2.38. The van der Waals surface area contributed by atoms with Crippen LogP contribution in [0.4, 0.5) is 0 Å². The van der Waals surface area contributed by atoms with Gasteiger partial charge in [0.25, 0.3) is 0 Å². The highest BCUT2D eigenvalue weighted by molar-refractivity contribution is 5.63. The fourth-order valence-corrected chi connectivity index (χ4v) is 1.03. The highest BCUT2D eigenvalue weighted by Crippen LogP contribution is 2.11. The summed E-state index contributed by atoms with van der Waals surface area (Å²) in [6, 6.07) is 8.19. The molecule has 0 aliphatic rings. The maximum atomic E-state index is 3.74. The van der Waals surface area contributed by atoms with E-state index in [0.29, 0.717) is 0 Å². The summed E-state index contributed by atoms with van der Waals surface area (Å²) in [5, 5.41) is 0. The standard InChI is InChI=1S/C11H12.C5H12/c1-3-7-11-9-6-5-8-10(11)4-2;1-4-5(2)3/h3-9H,2H2,1H3;5H,4H2,1-3H3/b7-3-;. The third-order valence-corrected chi connectivity index (χ3v) is 2.38. The van der Waals surface area contributed by atoms with Gasteiger partial charge in [0.2, 0.25) is 0 Å². The molecule has 0 aliphatic heterocycles. The molecule has 0 heterocycles.